The van der Waals surface area contributed by atoms with Crippen molar-refractivity contribution in [2.75, 3.05) is 13.3 Å². The molecule has 0 spiro atoms. The Balaban J connectivity index is 0.000000434. The lowest BCUT2D eigenvalue weighted by Gasteiger charge is -2.21. The molecule has 2 amide bonds. The normalized spacial score (nSPS) is 13.9. The Morgan fingerprint density at radius 1 is 1.31 bits per heavy atom. The largest absolute Gasteiger partial charge is 0.480 e. The highest BCUT2D eigenvalue weighted by atomic mass is 32.2. The number of fused-ring (bicyclic) bond motifs is 1. The SMILES string of the molecule is CCC(C)[C@H](N)C(=O)N[C@@H](Cc1c[nH]c2ccccc12)C(=O)O.CNC(=O)O/N=C/C(C)(C)SC. The number of H-pyrrole nitrogens is 1. The first-order valence-corrected chi connectivity index (χ1v) is 12.5. The van der Waals surface area contributed by atoms with Gasteiger partial charge in [-0.05, 0) is 37.7 Å². The summed E-state index contributed by atoms with van der Waals surface area (Å²) < 4.78 is -0.103. The van der Waals surface area contributed by atoms with E-state index in [-0.39, 0.29) is 17.1 Å². The van der Waals surface area contributed by atoms with Crippen LogP contribution in [0.15, 0.2) is 35.6 Å². The Hall–Kier alpha value is -3.05. The van der Waals surface area contributed by atoms with Crippen molar-refractivity contribution in [3.8, 4) is 0 Å². The van der Waals surface area contributed by atoms with Gasteiger partial charge in [0.05, 0.1) is 12.3 Å². The molecule has 0 fully saturated rings. The number of carboxylic acid groups (broad SMARTS) is 1. The van der Waals surface area contributed by atoms with Crippen LogP contribution in [0.4, 0.5) is 4.79 Å². The highest BCUT2D eigenvalue weighted by Gasteiger charge is 2.26. The van der Waals surface area contributed by atoms with E-state index < -0.39 is 30.1 Å². The summed E-state index contributed by atoms with van der Waals surface area (Å²) >= 11 is 1.63. The van der Waals surface area contributed by atoms with Crippen LogP contribution in [-0.4, -0.2) is 64.4 Å². The van der Waals surface area contributed by atoms with Gasteiger partial charge in [0.25, 0.3) is 0 Å². The van der Waals surface area contributed by atoms with E-state index in [1.807, 2.05) is 58.2 Å². The Morgan fingerprint density at radius 3 is 2.54 bits per heavy atom. The third kappa shape index (κ3) is 9.99. The molecule has 11 heteroatoms. The number of oxime groups is 1. The van der Waals surface area contributed by atoms with Crippen LogP contribution in [0.25, 0.3) is 10.9 Å². The number of para-hydroxylation sites is 1. The van der Waals surface area contributed by atoms with Crippen LogP contribution in [0.1, 0.15) is 39.7 Å². The number of aliphatic carboxylic acids is 1. The fourth-order valence-electron chi connectivity index (χ4n) is 2.80. The van der Waals surface area contributed by atoms with Gasteiger partial charge in [0.15, 0.2) is 0 Å². The van der Waals surface area contributed by atoms with Crippen LogP contribution < -0.4 is 16.4 Å². The van der Waals surface area contributed by atoms with Crippen molar-refractivity contribution in [3.05, 3.63) is 36.0 Å². The quantitative estimate of drug-likeness (QED) is 0.188. The highest BCUT2D eigenvalue weighted by molar-refractivity contribution is 8.00. The molecule has 0 radical (unpaired) electrons. The number of amides is 2. The minimum Gasteiger partial charge on any atom is -0.480 e. The number of aromatic amines is 1. The van der Waals surface area contributed by atoms with E-state index in [0.29, 0.717) is 0 Å². The Kier molecular flexibility index (Phi) is 12.3. The standard InChI is InChI=1S/C17H23N3O3.C7H14N2O2S/c1-3-10(2)15(18)16(21)20-14(17(22)23)8-11-9-19-13-7-5-4-6-12(11)13;1-7(2,12-4)5-9-11-6(10)8-3/h4-7,9-10,14-15,19H,3,8,18H2,1-2H3,(H,20,21)(H,22,23);5H,1-4H3,(H,8,10)/b;9-5+/t10?,14-,15-;/m0./s1. The van der Waals surface area contributed by atoms with Crippen molar-refractivity contribution in [1.82, 2.24) is 15.6 Å². The maximum atomic E-state index is 12.1. The van der Waals surface area contributed by atoms with Crippen LogP contribution in [-0.2, 0) is 20.8 Å². The number of hydrogen-bond acceptors (Lipinski definition) is 7. The van der Waals surface area contributed by atoms with Crippen LogP contribution in [0.5, 0.6) is 0 Å². The maximum Gasteiger partial charge on any atom is 0.433 e. The summed E-state index contributed by atoms with van der Waals surface area (Å²) in [6.45, 7) is 7.78. The van der Waals surface area contributed by atoms with Crippen molar-refractivity contribution < 1.29 is 24.3 Å². The second-order valence-corrected chi connectivity index (χ2v) is 10.0. The highest BCUT2D eigenvalue weighted by Crippen LogP contribution is 2.19. The molecule has 2 aromatic rings. The lowest BCUT2D eigenvalue weighted by Crippen LogP contribution is -2.51. The van der Waals surface area contributed by atoms with Crippen LogP contribution in [0, 0.1) is 5.92 Å². The molecule has 194 valence electrons. The molecule has 10 nitrogen and oxygen atoms in total. The van der Waals surface area contributed by atoms with Gasteiger partial charge < -0.3 is 26.5 Å². The molecule has 1 unspecified atom stereocenters. The zero-order chi connectivity index (χ0) is 26.6. The molecule has 3 atom stereocenters. The number of nitrogens with one attached hydrogen (secondary N) is 3. The number of benzene rings is 1. The summed E-state index contributed by atoms with van der Waals surface area (Å²) in [7, 11) is 1.48. The first-order valence-electron chi connectivity index (χ1n) is 11.3. The number of carboxylic acids is 1. The Bertz CT molecular complexity index is 1010. The minimum atomic E-state index is -1.07. The van der Waals surface area contributed by atoms with E-state index in [4.69, 9.17) is 5.73 Å². The molecule has 0 aliphatic rings. The van der Waals surface area contributed by atoms with E-state index in [0.717, 1.165) is 22.9 Å². The third-order valence-corrected chi connectivity index (χ3v) is 6.66. The molecule has 1 aromatic heterocycles. The van der Waals surface area contributed by atoms with Gasteiger partial charge in [-0.1, -0.05) is 43.6 Å². The third-order valence-electron chi connectivity index (χ3n) is 5.50. The maximum absolute atomic E-state index is 12.1. The molecule has 35 heavy (non-hydrogen) atoms. The van der Waals surface area contributed by atoms with Crippen LogP contribution in [0.3, 0.4) is 0 Å². The summed E-state index contributed by atoms with van der Waals surface area (Å²) in [5.41, 5.74) is 7.66. The summed E-state index contributed by atoms with van der Waals surface area (Å²) in [5.74, 6) is -1.50. The van der Waals surface area contributed by atoms with E-state index in [1.54, 1.807) is 24.2 Å². The minimum absolute atomic E-state index is 0.00228. The number of aromatic nitrogens is 1. The van der Waals surface area contributed by atoms with E-state index >= 15 is 0 Å². The number of rotatable bonds is 10. The van der Waals surface area contributed by atoms with Gasteiger partial charge in [0.2, 0.25) is 5.91 Å². The van der Waals surface area contributed by atoms with Crippen molar-refractivity contribution in [2.45, 2.75) is 57.4 Å². The second kappa shape index (κ2) is 14.4. The zero-order valence-electron chi connectivity index (χ0n) is 21.1. The number of carbonyl (C=O) groups is 3. The van der Waals surface area contributed by atoms with Crippen molar-refractivity contribution in [1.29, 1.82) is 0 Å². The molecule has 2 rings (SSSR count). The number of nitrogens with zero attached hydrogens (tertiary/aromatic N) is 1. The summed E-state index contributed by atoms with van der Waals surface area (Å²) in [4.78, 5) is 41.7. The second-order valence-electron chi connectivity index (χ2n) is 8.55. The number of hydrogen-bond donors (Lipinski definition) is 5. The monoisotopic (exact) mass is 507 g/mol. The van der Waals surface area contributed by atoms with E-state index in [2.05, 4.69) is 25.6 Å². The number of thioether (sulfide) groups is 1. The topological polar surface area (TPSA) is 159 Å². The molecule has 0 bridgehead atoms. The predicted molar refractivity (Wildman–Crippen MR) is 141 cm³/mol. The molecule has 0 saturated carbocycles. The van der Waals surface area contributed by atoms with Crippen molar-refractivity contribution in [3.63, 3.8) is 0 Å². The lowest BCUT2D eigenvalue weighted by atomic mass is 9.98. The molecule has 1 aromatic carbocycles. The van der Waals surface area contributed by atoms with Gasteiger partial charge in [0.1, 0.15) is 6.04 Å². The smallest absolute Gasteiger partial charge is 0.433 e. The van der Waals surface area contributed by atoms with Crippen LogP contribution >= 0.6 is 11.8 Å². The van der Waals surface area contributed by atoms with Gasteiger partial charge in [-0.15, -0.1) is 0 Å². The summed E-state index contributed by atoms with van der Waals surface area (Å²) in [6, 6.07) is 5.94. The molecule has 0 saturated heterocycles. The van der Waals surface area contributed by atoms with Gasteiger partial charge in [-0.2, -0.15) is 11.8 Å². The first-order chi connectivity index (χ1) is 16.4. The van der Waals surface area contributed by atoms with Crippen molar-refractivity contribution >= 4 is 46.8 Å². The molecule has 1 heterocycles. The fourth-order valence-corrected chi connectivity index (χ4v) is 2.95. The van der Waals surface area contributed by atoms with Gasteiger partial charge in [-0.25, -0.2) is 9.59 Å². The number of carbonyl (C=O) groups excluding carboxylic acids is 2. The Morgan fingerprint density at radius 2 is 1.97 bits per heavy atom. The molecule has 0 aliphatic carbocycles. The summed E-state index contributed by atoms with van der Waals surface area (Å²) in [6.07, 6.45) is 5.75. The van der Waals surface area contributed by atoms with Gasteiger partial charge >= 0.3 is 12.1 Å². The van der Waals surface area contributed by atoms with Crippen molar-refractivity contribution in [2.24, 2.45) is 16.8 Å². The van der Waals surface area contributed by atoms with Crippen LogP contribution in [0.2, 0.25) is 0 Å². The molecular weight excluding hydrogens is 470 g/mol. The molecular formula is C24H37N5O5S. The van der Waals surface area contributed by atoms with E-state index in [9.17, 15) is 19.5 Å². The van der Waals surface area contributed by atoms with Gasteiger partial charge in [0, 0.05) is 35.3 Å². The zero-order valence-corrected chi connectivity index (χ0v) is 21.9. The fraction of sp³-hybridized carbons (Fsp3) is 0.500. The number of nitrogens with two attached hydrogens (primary N) is 1. The molecule has 6 N–H and O–H groups in total. The Labute approximate surface area is 210 Å². The predicted octanol–water partition coefficient (Wildman–Crippen LogP) is 3.12. The average molecular weight is 508 g/mol. The van der Waals surface area contributed by atoms with E-state index in [1.165, 1.54) is 7.05 Å². The molecule has 0 aliphatic heterocycles. The summed E-state index contributed by atoms with van der Waals surface area (Å²) in [5, 5.41) is 18.7. The average Bonchev–Trinajstić information content (AvgIpc) is 3.25. The first kappa shape index (κ1) is 30.0. The van der Waals surface area contributed by atoms with Gasteiger partial charge in [-0.3, -0.25) is 9.63 Å². The lowest BCUT2D eigenvalue weighted by molar-refractivity contribution is -0.142.